The number of hydrazine groups is 1. The van der Waals surface area contributed by atoms with Gasteiger partial charge in [0.25, 0.3) is 0 Å². The molecule has 2 aliphatic carbocycles. The highest BCUT2D eigenvalue weighted by molar-refractivity contribution is 5.71. The Morgan fingerprint density at radius 3 is 2.73 bits per heavy atom. The molecule has 2 heterocycles. The van der Waals surface area contributed by atoms with Gasteiger partial charge in [0.05, 0.1) is 47.1 Å². The summed E-state index contributed by atoms with van der Waals surface area (Å²) < 4.78 is 17.4. The van der Waals surface area contributed by atoms with Crippen molar-refractivity contribution in [3.8, 4) is 11.8 Å². The van der Waals surface area contributed by atoms with Crippen LogP contribution in [0.1, 0.15) is 49.7 Å². The highest BCUT2D eigenvalue weighted by atomic mass is 16.5. The van der Waals surface area contributed by atoms with Crippen molar-refractivity contribution in [1.82, 2.24) is 20.0 Å². The second-order valence-electron chi connectivity index (χ2n) is 9.66. The molecule has 0 saturated heterocycles. The number of carboxylic acids is 1. The molecule has 2 aromatic rings. The molecule has 0 bridgehead atoms. The molecular formula is C26H36N6O5. The minimum Gasteiger partial charge on any atom is -0.489 e. The Kier molecular flexibility index (Phi) is 8.45. The molecule has 0 aliphatic heterocycles. The van der Waals surface area contributed by atoms with Crippen molar-refractivity contribution in [2.45, 2.75) is 52.2 Å². The predicted octanol–water partition coefficient (Wildman–Crippen LogP) is 2.50. The summed E-state index contributed by atoms with van der Waals surface area (Å²) in [6.07, 6.45) is 4.97. The molecule has 2 aromatic heterocycles. The number of pyridine rings is 1. The predicted molar refractivity (Wildman–Crippen MR) is 136 cm³/mol. The maximum atomic E-state index is 11.5. The van der Waals surface area contributed by atoms with Crippen molar-refractivity contribution < 1.29 is 24.1 Å². The molecule has 2 fully saturated rings. The van der Waals surface area contributed by atoms with Crippen molar-refractivity contribution in [3.05, 3.63) is 47.2 Å². The van der Waals surface area contributed by atoms with E-state index in [0.717, 1.165) is 25.7 Å². The molecule has 11 nitrogen and oxygen atoms in total. The molecule has 37 heavy (non-hydrogen) atoms. The van der Waals surface area contributed by atoms with Crippen LogP contribution in [0.4, 0.5) is 0 Å². The fraction of sp³-hybridized carbons (Fsp3) is 0.538. The van der Waals surface area contributed by atoms with Crippen molar-refractivity contribution in [2.75, 3.05) is 20.3 Å². The molecule has 5 N–H and O–H groups in total. The van der Waals surface area contributed by atoms with Crippen molar-refractivity contribution >= 4 is 11.7 Å². The van der Waals surface area contributed by atoms with Gasteiger partial charge >= 0.3 is 12.0 Å². The lowest BCUT2D eigenvalue weighted by Crippen LogP contribution is -2.31. The van der Waals surface area contributed by atoms with Crippen LogP contribution >= 0.6 is 0 Å². The lowest BCUT2D eigenvalue weighted by atomic mass is 9.92. The number of carbonyl (C=O) groups is 1. The number of ether oxygens (including phenoxy) is 3. The van der Waals surface area contributed by atoms with E-state index in [1.807, 2.05) is 19.9 Å². The second kappa shape index (κ2) is 11.7. The first-order chi connectivity index (χ1) is 17.8. The molecule has 0 amide bonds. The van der Waals surface area contributed by atoms with Crippen LogP contribution in [0.2, 0.25) is 0 Å². The molecular weight excluding hydrogens is 476 g/mol. The molecule has 2 aliphatic rings. The summed E-state index contributed by atoms with van der Waals surface area (Å²) in [6, 6.07) is 5.60. The van der Waals surface area contributed by atoms with Crippen LogP contribution in [0.3, 0.4) is 0 Å². The quantitative estimate of drug-likeness (QED) is 0.300. The lowest BCUT2D eigenvalue weighted by Gasteiger charge is -2.21. The lowest BCUT2D eigenvalue weighted by molar-refractivity contribution is -0.143. The Balaban J connectivity index is 1.43. The molecule has 11 heteroatoms. The normalized spacial score (nSPS) is 23.4. The number of aromatic nitrogens is 3. The van der Waals surface area contributed by atoms with E-state index < -0.39 is 5.97 Å². The molecule has 200 valence electrons. The van der Waals surface area contributed by atoms with Gasteiger partial charge in [-0.1, -0.05) is 0 Å². The smallest absolute Gasteiger partial charge is 0.317 e. The van der Waals surface area contributed by atoms with Crippen molar-refractivity contribution in [1.29, 1.82) is 0 Å². The number of aryl methyl sites for hydroxylation is 1. The number of fused-ring (bicyclic) bond motifs is 1. The van der Waals surface area contributed by atoms with Crippen LogP contribution in [-0.2, 0) is 16.1 Å². The van der Waals surface area contributed by atoms with Crippen LogP contribution < -0.4 is 21.1 Å². The van der Waals surface area contributed by atoms with Crippen LogP contribution in [0.25, 0.3) is 5.70 Å². The highest BCUT2D eigenvalue weighted by Crippen LogP contribution is 2.48. The molecule has 4 atom stereocenters. The van der Waals surface area contributed by atoms with E-state index in [1.165, 1.54) is 5.01 Å². The van der Waals surface area contributed by atoms with Crippen LogP contribution in [0.15, 0.2) is 30.1 Å². The summed E-state index contributed by atoms with van der Waals surface area (Å²) in [7, 11) is 1.67. The third kappa shape index (κ3) is 6.28. The molecule has 4 unspecified atom stereocenters. The van der Waals surface area contributed by atoms with Crippen LogP contribution in [-0.4, -0.2) is 57.4 Å². The number of hydrogen-bond acceptors (Lipinski definition) is 10. The van der Waals surface area contributed by atoms with E-state index >= 15 is 0 Å². The summed E-state index contributed by atoms with van der Waals surface area (Å²) in [4.78, 5) is 24.7. The third-order valence-corrected chi connectivity index (χ3v) is 7.22. The van der Waals surface area contributed by atoms with Crippen molar-refractivity contribution in [2.24, 2.45) is 29.3 Å². The van der Waals surface area contributed by atoms with E-state index in [2.05, 4.69) is 15.0 Å². The average Bonchev–Trinajstić information content (AvgIpc) is 3.44. The van der Waals surface area contributed by atoms with E-state index in [4.69, 9.17) is 25.8 Å². The summed E-state index contributed by atoms with van der Waals surface area (Å²) in [5, 5.41) is 10.9. The van der Waals surface area contributed by atoms with Gasteiger partial charge in [-0.15, -0.1) is 0 Å². The zero-order valence-electron chi connectivity index (χ0n) is 21.6. The molecule has 0 aromatic carbocycles. The van der Waals surface area contributed by atoms with E-state index in [9.17, 15) is 9.90 Å². The summed E-state index contributed by atoms with van der Waals surface area (Å²) in [5.41, 5.74) is 9.28. The first-order valence-electron chi connectivity index (χ1n) is 12.6. The standard InChI is InChI=1S/C26H36N6O5/c1-4-35-13-17-9-10-29-26(31-17)36-14-22(32(3)28)24(27)21-7-8-23(15(2)30-21)37-18-11-16-5-6-19(25(33)34)20(16)12-18/h7-10,16,18-20H,4-6,11-14,27-28H2,1-3H3,(H,33,34)/b24-22-. The number of rotatable bonds is 11. The summed E-state index contributed by atoms with van der Waals surface area (Å²) in [5.74, 6) is 6.40. The van der Waals surface area contributed by atoms with E-state index in [1.54, 1.807) is 25.4 Å². The molecule has 2 saturated carbocycles. The zero-order valence-corrected chi connectivity index (χ0v) is 21.6. The fourth-order valence-corrected chi connectivity index (χ4v) is 5.33. The minimum atomic E-state index is -0.688. The van der Waals surface area contributed by atoms with Gasteiger partial charge in [-0.3, -0.25) is 4.79 Å². The SMILES string of the molecule is CCOCc1ccnc(OC/C(=C(/N)c2ccc(OC3CC4CCC(C(=O)O)C4C3)c(C)n2)N(C)N)n1. The van der Waals surface area contributed by atoms with Gasteiger partial charge in [-0.2, -0.15) is 4.98 Å². The number of carboxylic acid groups (broad SMARTS) is 1. The fourth-order valence-electron chi connectivity index (χ4n) is 5.33. The summed E-state index contributed by atoms with van der Waals surface area (Å²) in [6.45, 7) is 4.79. The topological polar surface area (TPSA) is 159 Å². The third-order valence-electron chi connectivity index (χ3n) is 7.22. The molecule has 0 spiro atoms. The zero-order chi connectivity index (χ0) is 26.5. The molecule has 4 rings (SSSR count). The largest absolute Gasteiger partial charge is 0.489 e. The van der Waals surface area contributed by atoms with E-state index in [0.29, 0.717) is 53.4 Å². The van der Waals surface area contributed by atoms with Crippen LogP contribution in [0, 0.1) is 24.7 Å². The number of nitrogens with zero attached hydrogens (tertiary/aromatic N) is 4. The number of aliphatic carboxylic acids is 1. The number of likely N-dealkylation sites (N-methyl/N-ethyl adjacent to an activating group) is 1. The molecule has 0 radical (unpaired) electrons. The van der Waals surface area contributed by atoms with Gasteiger partial charge in [-0.25, -0.2) is 15.8 Å². The minimum absolute atomic E-state index is 0.00554. The average molecular weight is 513 g/mol. The van der Waals surface area contributed by atoms with Crippen LogP contribution in [0.5, 0.6) is 11.8 Å². The Morgan fingerprint density at radius 1 is 1.22 bits per heavy atom. The maximum Gasteiger partial charge on any atom is 0.317 e. The monoisotopic (exact) mass is 512 g/mol. The summed E-state index contributed by atoms with van der Waals surface area (Å²) >= 11 is 0. The Labute approximate surface area is 216 Å². The second-order valence-corrected chi connectivity index (χ2v) is 9.66. The Morgan fingerprint density at radius 2 is 2.03 bits per heavy atom. The maximum absolute atomic E-state index is 11.5. The number of hydrogen-bond donors (Lipinski definition) is 3. The van der Waals surface area contributed by atoms with Gasteiger partial charge in [0.15, 0.2) is 0 Å². The highest BCUT2D eigenvalue weighted by Gasteiger charge is 2.47. The van der Waals surface area contributed by atoms with Gasteiger partial charge < -0.3 is 30.1 Å². The Hall–Kier alpha value is -3.44. The van der Waals surface area contributed by atoms with Gasteiger partial charge in [0.1, 0.15) is 12.4 Å². The van der Waals surface area contributed by atoms with Gasteiger partial charge in [-0.05, 0) is 69.6 Å². The first-order valence-corrected chi connectivity index (χ1v) is 12.6. The van der Waals surface area contributed by atoms with Gasteiger partial charge in [0, 0.05) is 19.9 Å². The number of nitrogens with two attached hydrogens (primary N) is 2. The van der Waals surface area contributed by atoms with E-state index in [-0.39, 0.29) is 30.6 Å². The van der Waals surface area contributed by atoms with Crippen molar-refractivity contribution in [3.63, 3.8) is 0 Å². The Bertz CT molecular complexity index is 1140. The van der Waals surface area contributed by atoms with Gasteiger partial charge in [0.2, 0.25) is 0 Å². The first kappa shape index (κ1) is 26.6.